The van der Waals surface area contributed by atoms with Crippen LogP contribution in [0.1, 0.15) is 6.92 Å². The highest BCUT2D eigenvalue weighted by molar-refractivity contribution is 6.25. The fraction of sp³-hybridized carbons (Fsp3) is 0.286. The number of hydrogen-bond acceptors (Lipinski definition) is 2. The summed E-state index contributed by atoms with van der Waals surface area (Å²) in [6, 6.07) is 0. The largest absolute Gasteiger partial charge is 0.450 e. The van der Waals surface area contributed by atoms with Crippen molar-refractivity contribution in [1.29, 1.82) is 0 Å². The van der Waals surface area contributed by atoms with E-state index in [0.717, 1.165) is 0 Å². The lowest BCUT2D eigenvalue weighted by Crippen LogP contribution is -2.17. The average molecular weight is 178 g/mol. The summed E-state index contributed by atoms with van der Waals surface area (Å²) < 4.78 is 4.46. The Morgan fingerprint density at radius 2 is 2.18 bits per heavy atom. The van der Waals surface area contributed by atoms with Crippen molar-refractivity contribution < 1.29 is 9.53 Å². The van der Waals surface area contributed by atoms with Gasteiger partial charge in [-0.1, -0.05) is 24.8 Å². The quantitative estimate of drug-likeness (QED) is 0.703. The molecule has 0 aliphatic rings. The van der Waals surface area contributed by atoms with Crippen LogP contribution in [0.3, 0.4) is 0 Å². The molecule has 0 radical (unpaired) electrons. The molecule has 0 fully saturated rings. The lowest BCUT2D eigenvalue weighted by atomic mass is 10.8. The maximum atomic E-state index is 10.2. The SMILES string of the molecule is C=CCl.C=CNC(=O)OCC. The summed E-state index contributed by atoms with van der Waals surface area (Å²) in [5.41, 5.74) is 1.22. The Bertz CT molecular complexity index is 126. The highest BCUT2D eigenvalue weighted by atomic mass is 35.5. The number of hydrogen-bond donors (Lipinski definition) is 1. The molecule has 0 atom stereocenters. The van der Waals surface area contributed by atoms with E-state index in [1.165, 1.54) is 11.7 Å². The Hall–Kier alpha value is -0.960. The molecule has 3 nitrogen and oxygen atoms in total. The molecule has 0 spiro atoms. The molecule has 11 heavy (non-hydrogen) atoms. The number of nitrogens with one attached hydrogen (secondary N) is 1. The van der Waals surface area contributed by atoms with Crippen LogP contribution in [0.5, 0.6) is 0 Å². The second-order valence-electron chi connectivity index (χ2n) is 1.22. The first-order valence-electron chi connectivity index (χ1n) is 2.98. The van der Waals surface area contributed by atoms with Gasteiger partial charge < -0.3 is 4.74 Å². The first kappa shape index (κ1) is 12.7. The van der Waals surface area contributed by atoms with Gasteiger partial charge in [-0.25, -0.2) is 4.79 Å². The Balaban J connectivity index is 0. The highest BCUT2D eigenvalue weighted by Gasteiger charge is 1.91. The maximum Gasteiger partial charge on any atom is 0.411 e. The summed E-state index contributed by atoms with van der Waals surface area (Å²) in [6.07, 6.45) is 0.820. The lowest BCUT2D eigenvalue weighted by molar-refractivity contribution is 0.156. The van der Waals surface area contributed by atoms with Crippen LogP contribution < -0.4 is 5.32 Å². The van der Waals surface area contributed by atoms with Crippen molar-refractivity contribution in [2.75, 3.05) is 6.61 Å². The number of ether oxygens (including phenoxy) is 1. The van der Waals surface area contributed by atoms with E-state index in [1.54, 1.807) is 6.92 Å². The molecule has 0 heterocycles. The molecular formula is C7H12ClNO2. The van der Waals surface area contributed by atoms with Crippen LogP contribution in [0.25, 0.3) is 0 Å². The van der Waals surface area contributed by atoms with E-state index in [4.69, 9.17) is 11.6 Å². The fourth-order valence-electron chi connectivity index (χ4n) is 0.256. The molecule has 64 valence electrons. The molecule has 0 aliphatic heterocycles. The van der Waals surface area contributed by atoms with Gasteiger partial charge in [0, 0.05) is 0 Å². The molecule has 1 amide bonds. The van der Waals surface area contributed by atoms with Gasteiger partial charge >= 0.3 is 6.09 Å². The Morgan fingerprint density at radius 1 is 1.73 bits per heavy atom. The standard InChI is InChI=1S/C5H9NO2.C2H3Cl/c1-3-6-5(7)8-4-2;1-2-3/h3H,1,4H2,2H3,(H,6,7);2H,1H2. The van der Waals surface area contributed by atoms with Crippen LogP contribution in [0, 0.1) is 0 Å². The summed E-state index contributed by atoms with van der Waals surface area (Å²) in [7, 11) is 0. The van der Waals surface area contributed by atoms with E-state index in [-0.39, 0.29) is 0 Å². The third-order valence-corrected chi connectivity index (χ3v) is 0.495. The lowest BCUT2D eigenvalue weighted by Gasteiger charge is -1.96. The van der Waals surface area contributed by atoms with Gasteiger partial charge in [-0.2, -0.15) is 0 Å². The van der Waals surface area contributed by atoms with Crippen LogP contribution >= 0.6 is 11.6 Å². The monoisotopic (exact) mass is 177 g/mol. The van der Waals surface area contributed by atoms with E-state index >= 15 is 0 Å². The Kier molecular flexibility index (Phi) is 13.6. The molecule has 0 aliphatic carbocycles. The maximum absolute atomic E-state index is 10.2. The molecule has 0 aromatic rings. The molecule has 0 aromatic heterocycles. The normalized spacial score (nSPS) is 6.73. The second kappa shape index (κ2) is 11.8. The summed E-state index contributed by atoms with van der Waals surface area (Å²) in [5.74, 6) is 0. The van der Waals surface area contributed by atoms with E-state index in [0.29, 0.717) is 6.61 Å². The number of halogens is 1. The zero-order valence-electron chi connectivity index (χ0n) is 6.47. The zero-order valence-corrected chi connectivity index (χ0v) is 7.23. The van der Waals surface area contributed by atoms with Gasteiger partial charge in [0.05, 0.1) is 6.61 Å². The molecule has 4 heteroatoms. The predicted octanol–water partition coefficient (Wildman–Crippen LogP) is 2.24. The second-order valence-corrected chi connectivity index (χ2v) is 1.53. The molecule has 0 bridgehead atoms. The van der Waals surface area contributed by atoms with Gasteiger partial charge in [0.2, 0.25) is 0 Å². The molecule has 0 unspecified atom stereocenters. The molecule has 0 aromatic carbocycles. The van der Waals surface area contributed by atoms with Crippen molar-refractivity contribution >= 4 is 17.7 Å². The summed E-state index contributed by atoms with van der Waals surface area (Å²) in [4.78, 5) is 10.2. The first-order valence-corrected chi connectivity index (χ1v) is 3.41. The van der Waals surface area contributed by atoms with E-state index in [1.807, 2.05) is 0 Å². The summed E-state index contributed by atoms with van der Waals surface area (Å²) in [5, 5.41) is 2.25. The molecule has 0 saturated carbocycles. The van der Waals surface area contributed by atoms with E-state index in [9.17, 15) is 4.79 Å². The van der Waals surface area contributed by atoms with Crippen molar-refractivity contribution in [3.63, 3.8) is 0 Å². The number of carbonyl (C=O) groups excluding carboxylic acids is 1. The minimum atomic E-state index is -0.456. The van der Waals surface area contributed by atoms with Gasteiger partial charge in [0.15, 0.2) is 0 Å². The molecule has 1 N–H and O–H groups in total. The van der Waals surface area contributed by atoms with Gasteiger partial charge in [-0.05, 0) is 18.7 Å². The van der Waals surface area contributed by atoms with E-state index < -0.39 is 6.09 Å². The van der Waals surface area contributed by atoms with Crippen molar-refractivity contribution in [3.8, 4) is 0 Å². The average Bonchev–Trinajstić information content (AvgIpc) is 1.90. The minimum Gasteiger partial charge on any atom is -0.450 e. The first-order chi connectivity index (χ1) is 5.22. The number of amides is 1. The topological polar surface area (TPSA) is 38.3 Å². The Morgan fingerprint density at radius 3 is 2.45 bits per heavy atom. The number of carbonyl (C=O) groups is 1. The summed E-state index contributed by atoms with van der Waals surface area (Å²) >= 11 is 4.76. The molecule has 0 rings (SSSR count). The predicted molar refractivity (Wildman–Crippen MR) is 46.4 cm³/mol. The van der Waals surface area contributed by atoms with Crippen molar-refractivity contribution in [2.24, 2.45) is 0 Å². The highest BCUT2D eigenvalue weighted by Crippen LogP contribution is 1.73. The third-order valence-electron chi connectivity index (χ3n) is 0.495. The van der Waals surface area contributed by atoms with Crippen LogP contribution in [0.2, 0.25) is 0 Å². The molecule has 0 saturated heterocycles. The Labute approximate surface area is 71.7 Å². The molecular weight excluding hydrogens is 166 g/mol. The van der Waals surface area contributed by atoms with Gasteiger partial charge in [0.25, 0.3) is 0 Å². The fourth-order valence-corrected chi connectivity index (χ4v) is 0.256. The smallest absolute Gasteiger partial charge is 0.411 e. The van der Waals surface area contributed by atoms with Gasteiger partial charge in [0.1, 0.15) is 0 Å². The van der Waals surface area contributed by atoms with Crippen LogP contribution in [-0.2, 0) is 4.74 Å². The van der Waals surface area contributed by atoms with Crippen molar-refractivity contribution in [2.45, 2.75) is 6.92 Å². The number of rotatable bonds is 2. The van der Waals surface area contributed by atoms with Crippen molar-refractivity contribution in [3.05, 3.63) is 24.9 Å². The minimum absolute atomic E-state index is 0.389. The van der Waals surface area contributed by atoms with Crippen LogP contribution in [-0.4, -0.2) is 12.7 Å². The van der Waals surface area contributed by atoms with Crippen molar-refractivity contribution in [1.82, 2.24) is 5.32 Å². The van der Waals surface area contributed by atoms with Gasteiger partial charge in [-0.3, -0.25) is 5.32 Å². The van der Waals surface area contributed by atoms with Gasteiger partial charge in [-0.15, -0.1) is 0 Å². The van der Waals surface area contributed by atoms with Crippen LogP contribution in [0.4, 0.5) is 4.79 Å². The van der Waals surface area contributed by atoms with Crippen LogP contribution in [0.15, 0.2) is 24.9 Å². The summed E-state index contributed by atoms with van der Waals surface area (Å²) in [6.45, 7) is 8.52. The zero-order chi connectivity index (χ0) is 9.11. The number of alkyl carbamates (subject to hydrolysis) is 1. The third kappa shape index (κ3) is 17.6. The van der Waals surface area contributed by atoms with E-state index in [2.05, 4.69) is 23.2 Å².